The van der Waals surface area contributed by atoms with Crippen molar-refractivity contribution in [3.8, 4) is 17.2 Å². The maximum atomic E-state index is 13.5. The highest BCUT2D eigenvalue weighted by atomic mass is 35.5. The summed E-state index contributed by atoms with van der Waals surface area (Å²) in [7, 11) is 3.17. The fourth-order valence-corrected chi connectivity index (χ4v) is 5.13. The number of halogens is 1. The number of carbonyl (C=O) groups excluding carboxylic acids is 1. The number of rotatable bonds is 8. The van der Waals surface area contributed by atoms with Crippen molar-refractivity contribution in [3.63, 3.8) is 0 Å². The lowest BCUT2D eigenvalue weighted by Crippen LogP contribution is -2.35. The van der Waals surface area contributed by atoms with Crippen LogP contribution in [0.25, 0.3) is 16.7 Å². The Morgan fingerprint density at radius 2 is 1.77 bits per heavy atom. The van der Waals surface area contributed by atoms with Crippen LogP contribution in [0.3, 0.4) is 0 Å². The molecule has 9 nitrogen and oxygen atoms in total. The number of benzene rings is 2. The molecule has 1 fully saturated rings. The zero-order valence-electron chi connectivity index (χ0n) is 23.4. The van der Waals surface area contributed by atoms with E-state index in [9.17, 15) is 4.79 Å². The molecule has 1 amide bonds. The minimum absolute atomic E-state index is 0.0433. The predicted molar refractivity (Wildman–Crippen MR) is 157 cm³/mol. The third-order valence-corrected chi connectivity index (χ3v) is 7.37. The molecule has 1 aliphatic rings. The van der Waals surface area contributed by atoms with E-state index in [1.54, 1.807) is 32.4 Å². The van der Waals surface area contributed by atoms with Crippen LogP contribution in [-0.4, -0.2) is 71.0 Å². The lowest BCUT2D eigenvalue weighted by Gasteiger charge is -2.24. The summed E-state index contributed by atoms with van der Waals surface area (Å²) in [4.78, 5) is 27.6. The number of hydrogen-bond donors (Lipinski definition) is 0. The quantitative estimate of drug-likeness (QED) is 0.283. The average Bonchev–Trinajstić information content (AvgIpc) is 3.24. The first-order chi connectivity index (χ1) is 19.4. The Morgan fingerprint density at radius 1 is 1.00 bits per heavy atom. The molecule has 0 unspecified atom stereocenters. The van der Waals surface area contributed by atoms with E-state index in [-0.39, 0.29) is 5.91 Å². The molecule has 5 rings (SSSR count). The van der Waals surface area contributed by atoms with E-state index >= 15 is 0 Å². The number of aryl methyl sites for hydroxylation is 1. The third-order valence-electron chi connectivity index (χ3n) is 7.13. The average molecular weight is 563 g/mol. The predicted octanol–water partition coefficient (Wildman–Crippen LogP) is 5.43. The van der Waals surface area contributed by atoms with Crippen molar-refractivity contribution in [1.29, 1.82) is 0 Å². The van der Waals surface area contributed by atoms with Crippen molar-refractivity contribution in [2.45, 2.75) is 33.1 Å². The molecule has 1 saturated heterocycles. The van der Waals surface area contributed by atoms with Gasteiger partial charge in [-0.2, -0.15) is 5.10 Å². The number of carbonyl (C=O) groups is 1. The Morgan fingerprint density at radius 3 is 2.48 bits per heavy atom. The van der Waals surface area contributed by atoms with Gasteiger partial charge < -0.3 is 19.3 Å². The highest BCUT2D eigenvalue weighted by Gasteiger charge is 2.25. The van der Waals surface area contributed by atoms with E-state index in [2.05, 4.69) is 23.8 Å². The molecule has 40 heavy (non-hydrogen) atoms. The van der Waals surface area contributed by atoms with Crippen LogP contribution in [0.4, 0.5) is 5.82 Å². The minimum Gasteiger partial charge on any atom is -0.497 e. The zero-order chi connectivity index (χ0) is 28.2. The molecule has 2 aromatic carbocycles. The fraction of sp³-hybridized carbons (Fsp3) is 0.400. The van der Waals surface area contributed by atoms with E-state index in [4.69, 9.17) is 31.0 Å². The summed E-state index contributed by atoms with van der Waals surface area (Å²) in [6, 6.07) is 12.9. The van der Waals surface area contributed by atoms with Crippen LogP contribution < -0.4 is 14.4 Å². The number of amides is 1. The van der Waals surface area contributed by atoms with Gasteiger partial charge in [0.15, 0.2) is 5.65 Å². The third kappa shape index (κ3) is 5.99. The molecule has 210 valence electrons. The number of aromatic nitrogens is 4. The Balaban J connectivity index is 1.45. The normalized spacial score (nSPS) is 14.1. The summed E-state index contributed by atoms with van der Waals surface area (Å²) in [6.45, 7) is 7.02. The molecule has 2 aromatic heterocycles. The van der Waals surface area contributed by atoms with Gasteiger partial charge in [-0.15, -0.1) is 0 Å². The second-order valence-corrected chi connectivity index (χ2v) is 10.8. The van der Waals surface area contributed by atoms with Crippen molar-refractivity contribution in [3.05, 3.63) is 65.1 Å². The van der Waals surface area contributed by atoms with Crippen LogP contribution in [0.15, 0.2) is 48.7 Å². The SMILES string of the molecule is COc1cc(OC)cc(C(=O)N2CCCN(c3nc(CCC(C)C)nc4c3cnn4-c3cccc(Cl)c3)CC2)c1. The Kier molecular flexibility index (Phi) is 8.40. The van der Waals surface area contributed by atoms with Gasteiger partial charge >= 0.3 is 0 Å². The summed E-state index contributed by atoms with van der Waals surface area (Å²) in [5, 5.41) is 6.20. The molecular weight excluding hydrogens is 528 g/mol. The monoisotopic (exact) mass is 562 g/mol. The van der Waals surface area contributed by atoms with Gasteiger partial charge in [-0.25, -0.2) is 14.6 Å². The van der Waals surface area contributed by atoms with Crippen molar-refractivity contribution < 1.29 is 14.3 Å². The molecule has 1 aliphatic heterocycles. The molecule has 10 heteroatoms. The van der Waals surface area contributed by atoms with E-state index in [0.29, 0.717) is 47.6 Å². The van der Waals surface area contributed by atoms with E-state index in [1.807, 2.05) is 40.0 Å². The Bertz CT molecular complexity index is 1480. The first-order valence-electron chi connectivity index (χ1n) is 13.6. The van der Waals surface area contributed by atoms with Crippen molar-refractivity contribution in [2.75, 3.05) is 45.3 Å². The maximum Gasteiger partial charge on any atom is 0.254 e. The molecule has 0 atom stereocenters. The number of methoxy groups -OCH3 is 2. The van der Waals surface area contributed by atoms with Crippen molar-refractivity contribution in [1.82, 2.24) is 24.6 Å². The molecule has 0 aliphatic carbocycles. The Hall–Kier alpha value is -3.85. The molecule has 0 N–H and O–H groups in total. The van der Waals surface area contributed by atoms with Gasteiger partial charge in [-0.05, 0) is 49.1 Å². The van der Waals surface area contributed by atoms with E-state index in [0.717, 1.165) is 54.2 Å². The number of nitrogens with zero attached hydrogens (tertiary/aromatic N) is 6. The number of anilines is 1. The molecule has 4 aromatic rings. The van der Waals surface area contributed by atoms with Crippen molar-refractivity contribution >= 4 is 34.4 Å². The standard InChI is InChI=1S/C30H35ClN6O3/c1-20(2)9-10-27-33-28(26-19-32-37(29(26)34-27)23-8-5-7-22(31)17-23)35-11-6-12-36(14-13-35)30(38)21-15-24(39-3)18-25(16-21)40-4/h5,7-8,15-20H,6,9-14H2,1-4H3. The van der Waals surface area contributed by atoms with Gasteiger partial charge in [0.2, 0.25) is 0 Å². The number of ether oxygens (including phenoxy) is 2. The molecular formula is C30H35ClN6O3. The highest BCUT2D eigenvalue weighted by molar-refractivity contribution is 6.30. The van der Waals surface area contributed by atoms with Crippen LogP contribution in [0.5, 0.6) is 11.5 Å². The highest BCUT2D eigenvalue weighted by Crippen LogP contribution is 2.29. The smallest absolute Gasteiger partial charge is 0.254 e. The minimum atomic E-state index is -0.0433. The van der Waals surface area contributed by atoms with Gasteiger partial charge in [0.1, 0.15) is 23.1 Å². The second-order valence-electron chi connectivity index (χ2n) is 10.4. The topological polar surface area (TPSA) is 85.6 Å². The van der Waals surface area contributed by atoms with Gasteiger partial charge in [-0.3, -0.25) is 4.79 Å². The summed E-state index contributed by atoms with van der Waals surface area (Å²) in [6.07, 6.45) is 4.40. The van der Waals surface area contributed by atoms with Crippen molar-refractivity contribution in [2.24, 2.45) is 5.92 Å². The number of hydrogen-bond acceptors (Lipinski definition) is 7. The van der Waals surface area contributed by atoms with Crippen LogP contribution in [0, 0.1) is 5.92 Å². The van der Waals surface area contributed by atoms with Crippen LogP contribution in [0.1, 0.15) is 42.9 Å². The van der Waals surface area contributed by atoms with Gasteiger partial charge in [0, 0.05) is 49.3 Å². The number of fused-ring (bicyclic) bond motifs is 1. The maximum absolute atomic E-state index is 13.5. The summed E-state index contributed by atoms with van der Waals surface area (Å²) in [5.41, 5.74) is 2.16. The molecule has 0 spiro atoms. The van der Waals surface area contributed by atoms with Crippen LogP contribution >= 0.6 is 11.6 Å². The summed E-state index contributed by atoms with van der Waals surface area (Å²) in [5.74, 6) is 3.32. The van der Waals surface area contributed by atoms with Crippen LogP contribution in [-0.2, 0) is 6.42 Å². The first kappa shape index (κ1) is 27.7. The summed E-state index contributed by atoms with van der Waals surface area (Å²) < 4.78 is 12.6. The molecule has 0 bridgehead atoms. The summed E-state index contributed by atoms with van der Waals surface area (Å²) >= 11 is 6.29. The Labute approximate surface area is 239 Å². The van der Waals surface area contributed by atoms with Gasteiger partial charge in [-0.1, -0.05) is 31.5 Å². The van der Waals surface area contributed by atoms with Gasteiger partial charge in [0.05, 0.1) is 31.5 Å². The molecule has 0 radical (unpaired) electrons. The molecule has 3 heterocycles. The van der Waals surface area contributed by atoms with Gasteiger partial charge in [0.25, 0.3) is 5.91 Å². The lowest BCUT2D eigenvalue weighted by molar-refractivity contribution is 0.0766. The largest absolute Gasteiger partial charge is 0.497 e. The first-order valence-corrected chi connectivity index (χ1v) is 14.0. The van der Waals surface area contributed by atoms with E-state index < -0.39 is 0 Å². The lowest BCUT2D eigenvalue weighted by atomic mass is 10.1. The van der Waals surface area contributed by atoms with E-state index in [1.165, 1.54) is 0 Å². The fourth-order valence-electron chi connectivity index (χ4n) is 4.95. The second kappa shape index (κ2) is 12.1. The molecule has 0 saturated carbocycles. The van der Waals surface area contributed by atoms with Crippen LogP contribution in [0.2, 0.25) is 5.02 Å². The zero-order valence-corrected chi connectivity index (χ0v) is 24.2.